The zero-order valence-corrected chi connectivity index (χ0v) is 20.0. The van der Waals surface area contributed by atoms with Gasteiger partial charge in [-0.15, -0.1) is 0 Å². The van der Waals surface area contributed by atoms with E-state index in [1.54, 1.807) is 43.3 Å². The third-order valence-electron chi connectivity index (χ3n) is 5.25. The van der Waals surface area contributed by atoms with E-state index in [0.717, 1.165) is 0 Å². The molecule has 36 heavy (non-hydrogen) atoms. The first-order valence-corrected chi connectivity index (χ1v) is 11.8. The van der Waals surface area contributed by atoms with Crippen LogP contribution in [0.25, 0.3) is 22.6 Å². The van der Waals surface area contributed by atoms with Gasteiger partial charge in [-0.05, 0) is 48.9 Å². The third-order valence-corrected chi connectivity index (χ3v) is 6.23. The quantitative estimate of drug-likeness (QED) is 0.324. The smallest absolute Gasteiger partial charge is 0.226 e. The van der Waals surface area contributed by atoms with Crippen molar-refractivity contribution in [1.29, 1.82) is 10.5 Å². The number of thioether (sulfide) groups is 1. The molecule has 0 fully saturated rings. The van der Waals surface area contributed by atoms with Gasteiger partial charge in [-0.3, -0.25) is 0 Å². The van der Waals surface area contributed by atoms with Crippen molar-refractivity contribution in [2.75, 3.05) is 18.9 Å². The van der Waals surface area contributed by atoms with Crippen LogP contribution in [-0.4, -0.2) is 28.3 Å². The van der Waals surface area contributed by atoms with Crippen molar-refractivity contribution in [3.8, 4) is 40.5 Å². The number of aliphatic hydroxyl groups is 1. The van der Waals surface area contributed by atoms with Gasteiger partial charge in [-0.25, -0.2) is 14.4 Å². The molecule has 0 saturated carbocycles. The van der Waals surface area contributed by atoms with E-state index in [4.69, 9.17) is 20.0 Å². The van der Waals surface area contributed by atoms with Crippen LogP contribution in [0.2, 0.25) is 0 Å². The number of aromatic nitrogens is 2. The molecule has 10 heteroatoms. The van der Waals surface area contributed by atoms with Gasteiger partial charge in [0.1, 0.15) is 52.5 Å². The van der Waals surface area contributed by atoms with Crippen LogP contribution in [0, 0.1) is 35.4 Å². The first kappa shape index (κ1) is 24.7. The van der Waals surface area contributed by atoms with E-state index < -0.39 is 0 Å². The molecule has 0 amide bonds. The van der Waals surface area contributed by atoms with Crippen molar-refractivity contribution in [3.05, 3.63) is 76.9 Å². The summed E-state index contributed by atoms with van der Waals surface area (Å²) in [4.78, 5) is 8.84. The van der Waals surface area contributed by atoms with Gasteiger partial charge in [0.2, 0.25) is 5.89 Å². The second-order valence-corrected chi connectivity index (χ2v) is 8.53. The molecule has 3 N–H and O–H groups in total. The van der Waals surface area contributed by atoms with Gasteiger partial charge in [0.05, 0.1) is 17.9 Å². The summed E-state index contributed by atoms with van der Waals surface area (Å²) >= 11 is 1.25. The molecule has 0 atom stereocenters. The van der Waals surface area contributed by atoms with Gasteiger partial charge in [-0.2, -0.15) is 10.5 Å². The number of nitrogens with zero attached hydrogens (tertiary/aromatic N) is 4. The minimum absolute atomic E-state index is 0.0125. The second-order valence-electron chi connectivity index (χ2n) is 7.56. The predicted octanol–water partition coefficient (Wildman–Crippen LogP) is 4.84. The molecule has 0 bridgehead atoms. The molecular formula is C26H20FN5O3S. The highest BCUT2D eigenvalue weighted by atomic mass is 32.2. The Bertz CT molecular complexity index is 1470. The maximum absolute atomic E-state index is 13.2. The summed E-state index contributed by atoms with van der Waals surface area (Å²) in [6, 6.07) is 16.9. The number of rotatable bonds is 8. The van der Waals surface area contributed by atoms with Crippen LogP contribution in [0.1, 0.15) is 22.6 Å². The summed E-state index contributed by atoms with van der Waals surface area (Å²) < 4.78 is 24.4. The molecule has 180 valence electrons. The summed E-state index contributed by atoms with van der Waals surface area (Å²) in [6.45, 7) is 1.81. The van der Waals surface area contributed by atoms with Gasteiger partial charge in [0.15, 0.2) is 0 Å². The van der Waals surface area contributed by atoms with E-state index in [9.17, 15) is 14.9 Å². The number of nitrogen functional groups attached to an aromatic ring is 1. The highest BCUT2D eigenvalue weighted by Crippen LogP contribution is 2.37. The molecule has 0 aliphatic carbocycles. The molecule has 0 radical (unpaired) electrons. The molecule has 0 aliphatic heterocycles. The van der Waals surface area contributed by atoms with E-state index in [0.29, 0.717) is 50.6 Å². The average Bonchev–Trinajstić information content (AvgIpc) is 3.26. The number of pyridine rings is 1. The molecule has 0 spiro atoms. The van der Waals surface area contributed by atoms with Crippen LogP contribution < -0.4 is 10.5 Å². The van der Waals surface area contributed by atoms with Crippen molar-refractivity contribution >= 4 is 17.6 Å². The Labute approximate surface area is 210 Å². The minimum Gasteiger partial charge on any atom is -0.491 e. The van der Waals surface area contributed by atoms with Crippen molar-refractivity contribution in [2.45, 2.75) is 17.7 Å². The zero-order valence-electron chi connectivity index (χ0n) is 19.2. The number of ether oxygens (including phenoxy) is 1. The number of benzene rings is 2. The Hall–Kier alpha value is -4.38. The van der Waals surface area contributed by atoms with Crippen LogP contribution >= 0.6 is 11.8 Å². The Morgan fingerprint density at radius 1 is 1.03 bits per heavy atom. The number of halogens is 1. The fourth-order valence-corrected chi connectivity index (χ4v) is 4.48. The van der Waals surface area contributed by atoms with Crippen LogP contribution in [0.4, 0.5) is 10.2 Å². The van der Waals surface area contributed by atoms with E-state index in [1.807, 2.05) is 0 Å². The highest BCUT2D eigenvalue weighted by molar-refractivity contribution is 7.98. The fraction of sp³-hybridized carbons (Fsp3) is 0.154. The normalized spacial score (nSPS) is 10.6. The van der Waals surface area contributed by atoms with E-state index in [2.05, 4.69) is 22.1 Å². The van der Waals surface area contributed by atoms with Gasteiger partial charge in [0.25, 0.3) is 0 Å². The lowest BCUT2D eigenvalue weighted by atomic mass is 9.97. The molecular weight excluding hydrogens is 481 g/mol. The van der Waals surface area contributed by atoms with Gasteiger partial charge < -0.3 is 20.0 Å². The number of hydrogen-bond donors (Lipinski definition) is 2. The lowest BCUT2D eigenvalue weighted by Gasteiger charge is -2.13. The summed E-state index contributed by atoms with van der Waals surface area (Å²) in [7, 11) is 0. The number of nitriles is 2. The number of aryl methyl sites for hydroxylation is 1. The summed E-state index contributed by atoms with van der Waals surface area (Å²) in [5, 5.41) is 29.0. The first-order chi connectivity index (χ1) is 17.4. The summed E-state index contributed by atoms with van der Waals surface area (Å²) in [5.74, 6) is 1.48. The van der Waals surface area contributed by atoms with E-state index >= 15 is 0 Å². The minimum atomic E-state index is -0.352. The standard InChI is InChI=1S/C26H20FN5O3S/c1-15-22(31-25(35-15)17-2-6-18(27)7-3-17)14-36-26-21(13-29)23(20(12-28)24(30)32-26)16-4-8-19(9-5-16)34-11-10-33/h2-9,33H,10-11,14H2,1H3,(H2,30,32). The van der Waals surface area contributed by atoms with Crippen molar-refractivity contribution in [3.63, 3.8) is 0 Å². The molecule has 0 aliphatic rings. The Morgan fingerprint density at radius 3 is 2.33 bits per heavy atom. The fourth-order valence-electron chi connectivity index (χ4n) is 3.49. The van der Waals surface area contributed by atoms with E-state index in [1.165, 1.54) is 23.9 Å². The number of anilines is 1. The Morgan fingerprint density at radius 2 is 1.69 bits per heavy atom. The number of nitrogens with two attached hydrogens (primary N) is 1. The van der Waals surface area contributed by atoms with Crippen molar-refractivity contribution in [2.24, 2.45) is 0 Å². The van der Waals surface area contributed by atoms with Crippen LogP contribution in [0.5, 0.6) is 5.75 Å². The summed E-state index contributed by atoms with van der Waals surface area (Å²) in [5.41, 5.74) is 8.70. The largest absolute Gasteiger partial charge is 0.491 e. The molecule has 2 aromatic heterocycles. The highest BCUT2D eigenvalue weighted by Gasteiger charge is 2.21. The number of hydrogen-bond acceptors (Lipinski definition) is 9. The van der Waals surface area contributed by atoms with Crippen LogP contribution in [0.15, 0.2) is 58.0 Å². The van der Waals surface area contributed by atoms with Gasteiger partial charge in [-0.1, -0.05) is 23.9 Å². The molecule has 2 aromatic carbocycles. The lowest BCUT2D eigenvalue weighted by Crippen LogP contribution is -2.04. The first-order valence-electron chi connectivity index (χ1n) is 10.8. The van der Waals surface area contributed by atoms with Crippen LogP contribution in [-0.2, 0) is 5.75 Å². The van der Waals surface area contributed by atoms with Gasteiger partial charge in [0, 0.05) is 16.9 Å². The molecule has 8 nitrogen and oxygen atoms in total. The monoisotopic (exact) mass is 501 g/mol. The number of oxazole rings is 1. The maximum atomic E-state index is 13.2. The van der Waals surface area contributed by atoms with Crippen molar-refractivity contribution in [1.82, 2.24) is 9.97 Å². The molecule has 0 unspecified atom stereocenters. The second kappa shape index (κ2) is 10.9. The third kappa shape index (κ3) is 5.15. The average molecular weight is 502 g/mol. The topological polar surface area (TPSA) is 142 Å². The summed E-state index contributed by atoms with van der Waals surface area (Å²) in [6.07, 6.45) is 0. The SMILES string of the molecule is Cc1oc(-c2ccc(F)cc2)nc1CSc1nc(N)c(C#N)c(-c2ccc(OCCO)cc2)c1C#N. The van der Waals surface area contributed by atoms with Crippen molar-refractivity contribution < 1.29 is 18.7 Å². The van der Waals surface area contributed by atoms with Crippen LogP contribution in [0.3, 0.4) is 0 Å². The van der Waals surface area contributed by atoms with E-state index in [-0.39, 0.29) is 36.0 Å². The zero-order chi connectivity index (χ0) is 25.7. The Kier molecular flexibility index (Phi) is 7.50. The molecule has 4 rings (SSSR count). The predicted molar refractivity (Wildman–Crippen MR) is 132 cm³/mol. The Balaban J connectivity index is 1.66. The lowest BCUT2D eigenvalue weighted by molar-refractivity contribution is 0.201. The number of aliphatic hydroxyl groups excluding tert-OH is 1. The molecule has 2 heterocycles. The van der Waals surface area contributed by atoms with Gasteiger partial charge >= 0.3 is 0 Å². The molecule has 4 aromatic rings. The molecule has 0 saturated heterocycles. The maximum Gasteiger partial charge on any atom is 0.226 e.